The molecule has 21 heavy (non-hydrogen) atoms. The number of rotatable bonds is 2. The van der Waals surface area contributed by atoms with Gasteiger partial charge in [-0.15, -0.1) is 0 Å². The number of nitrogens with one attached hydrogen (secondary N) is 1. The van der Waals surface area contributed by atoms with Gasteiger partial charge in [0.2, 0.25) is 0 Å². The Balaban J connectivity index is 2.39. The van der Waals surface area contributed by atoms with E-state index in [2.05, 4.69) is 0 Å². The van der Waals surface area contributed by atoms with E-state index < -0.39 is 29.0 Å². The molecule has 3 N–H and O–H groups in total. The third kappa shape index (κ3) is 3.22. The van der Waals surface area contributed by atoms with Gasteiger partial charge in [-0.05, 0) is 12.1 Å². The van der Waals surface area contributed by atoms with Gasteiger partial charge in [-0.2, -0.15) is 0 Å². The van der Waals surface area contributed by atoms with Gasteiger partial charge in [0.15, 0.2) is 11.6 Å². The molecule has 0 radical (unpaired) electrons. The number of nitrogen functional groups attached to an aromatic ring is 1. The summed E-state index contributed by atoms with van der Waals surface area (Å²) in [6.07, 6.45) is 0. The van der Waals surface area contributed by atoms with Gasteiger partial charge in [0.25, 0.3) is 5.91 Å². The van der Waals surface area contributed by atoms with E-state index >= 15 is 0 Å². The second kappa shape index (κ2) is 5.83. The first-order chi connectivity index (χ1) is 9.79. The maximum atomic E-state index is 13.5. The molecule has 0 aliphatic rings. The molecule has 2 aromatic rings. The molecule has 0 aliphatic carbocycles. The maximum Gasteiger partial charge on any atom is 0.257 e. The van der Waals surface area contributed by atoms with Crippen LogP contribution in [0.15, 0.2) is 24.3 Å². The highest BCUT2D eigenvalue weighted by Gasteiger charge is 2.18. The van der Waals surface area contributed by atoms with Crippen molar-refractivity contribution in [3.8, 4) is 0 Å². The molecule has 3 nitrogen and oxygen atoms in total. The van der Waals surface area contributed by atoms with Crippen LogP contribution in [0.2, 0.25) is 10.0 Å². The minimum atomic E-state index is -1.43. The van der Waals surface area contributed by atoms with Crippen molar-refractivity contribution in [3.05, 3.63) is 57.3 Å². The summed E-state index contributed by atoms with van der Waals surface area (Å²) in [7, 11) is 0. The molecular weight excluding hydrogens is 328 g/mol. The fraction of sp³-hybridized carbons (Fsp3) is 0. The van der Waals surface area contributed by atoms with Crippen LogP contribution in [0.4, 0.5) is 24.5 Å². The largest absolute Gasteiger partial charge is 0.399 e. The molecule has 8 heteroatoms. The van der Waals surface area contributed by atoms with Crippen molar-refractivity contribution in [2.45, 2.75) is 0 Å². The minimum Gasteiger partial charge on any atom is -0.399 e. The Bertz CT molecular complexity index is 738. The highest BCUT2D eigenvalue weighted by atomic mass is 35.5. The molecular formula is C13H7Cl2F3N2O. The van der Waals surface area contributed by atoms with Crippen LogP contribution in [0.25, 0.3) is 0 Å². The number of hydrogen-bond donors (Lipinski definition) is 2. The van der Waals surface area contributed by atoms with Crippen LogP contribution < -0.4 is 11.1 Å². The molecule has 0 spiro atoms. The summed E-state index contributed by atoms with van der Waals surface area (Å²) in [6.45, 7) is 0. The van der Waals surface area contributed by atoms with Crippen LogP contribution in [0.1, 0.15) is 10.4 Å². The second-order valence-electron chi connectivity index (χ2n) is 4.07. The van der Waals surface area contributed by atoms with E-state index in [-0.39, 0.29) is 21.3 Å². The summed E-state index contributed by atoms with van der Waals surface area (Å²) >= 11 is 11.6. The number of carbonyl (C=O) groups excluding carboxylic acids is 1. The third-order valence-corrected chi connectivity index (χ3v) is 3.34. The highest BCUT2D eigenvalue weighted by molar-refractivity contribution is 6.44. The molecule has 0 heterocycles. The van der Waals surface area contributed by atoms with Crippen LogP contribution in [0.5, 0.6) is 0 Å². The molecule has 0 fully saturated rings. The zero-order valence-corrected chi connectivity index (χ0v) is 11.7. The molecule has 2 aromatic carbocycles. The SMILES string of the molecule is Nc1cc(Cl)c(Cl)c(C(=O)Nc2cc(F)cc(F)c2F)c1. The number of halogens is 5. The molecule has 0 saturated carbocycles. The summed E-state index contributed by atoms with van der Waals surface area (Å²) < 4.78 is 39.6. The predicted octanol–water partition coefficient (Wildman–Crippen LogP) is 4.25. The van der Waals surface area contributed by atoms with E-state index in [1.807, 2.05) is 5.32 Å². The zero-order valence-electron chi connectivity index (χ0n) is 10.2. The Labute approximate surface area is 127 Å². The smallest absolute Gasteiger partial charge is 0.257 e. The fourth-order valence-corrected chi connectivity index (χ4v) is 2.03. The van der Waals surface area contributed by atoms with Crippen LogP contribution in [-0.2, 0) is 0 Å². The van der Waals surface area contributed by atoms with E-state index in [0.717, 1.165) is 0 Å². The van der Waals surface area contributed by atoms with Crippen LogP contribution >= 0.6 is 23.2 Å². The van der Waals surface area contributed by atoms with Crippen LogP contribution in [0.3, 0.4) is 0 Å². The number of nitrogens with two attached hydrogens (primary N) is 1. The molecule has 110 valence electrons. The van der Waals surface area contributed by atoms with Gasteiger partial charge in [-0.1, -0.05) is 23.2 Å². The molecule has 1 amide bonds. The Hall–Kier alpha value is -1.92. The quantitative estimate of drug-likeness (QED) is 0.637. The van der Waals surface area contributed by atoms with E-state index in [1.165, 1.54) is 12.1 Å². The van der Waals surface area contributed by atoms with Gasteiger partial charge in [0, 0.05) is 17.8 Å². The van der Waals surface area contributed by atoms with Crippen LogP contribution in [0, 0.1) is 17.5 Å². The fourth-order valence-electron chi connectivity index (χ4n) is 1.61. The normalized spacial score (nSPS) is 10.5. The molecule has 0 saturated heterocycles. The summed E-state index contributed by atoms with van der Waals surface area (Å²) in [5.41, 5.74) is 4.87. The monoisotopic (exact) mass is 334 g/mol. The van der Waals surface area contributed by atoms with Crippen molar-refractivity contribution in [1.82, 2.24) is 0 Å². The number of benzene rings is 2. The van der Waals surface area contributed by atoms with Crippen molar-refractivity contribution in [1.29, 1.82) is 0 Å². The summed E-state index contributed by atoms with van der Waals surface area (Å²) in [6, 6.07) is 3.52. The molecule has 0 bridgehead atoms. The van der Waals surface area contributed by atoms with Gasteiger partial charge in [0.05, 0.1) is 21.3 Å². The van der Waals surface area contributed by atoms with Gasteiger partial charge >= 0.3 is 0 Å². The lowest BCUT2D eigenvalue weighted by Crippen LogP contribution is -2.15. The van der Waals surface area contributed by atoms with Crippen molar-refractivity contribution in [2.75, 3.05) is 11.1 Å². The van der Waals surface area contributed by atoms with Crippen molar-refractivity contribution in [3.63, 3.8) is 0 Å². The molecule has 0 atom stereocenters. The van der Waals surface area contributed by atoms with E-state index in [0.29, 0.717) is 12.1 Å². The van der Waals surface area contributed by atoms with Crippen molar-refractivity contribution in [2.24, 2.45) is 0 Å². The number of anilines is 2. The van der Waals surface area contributed by atoms with Gasteiger partial charge in [-0.25, -0.2) is 13.2 Å². The van der Waals surface area contributed by atoms with E-state index in [9.17, 15) is 18.0 Å². The standard InChI is InChI=1S/C13H7Cl2F3N2O/c14-8-4-6(19)3-7(11(8)15)13(21)20-10-2-5(16)1-9(17)12(10)18/h1-4H,19H2,(H,20,21). The van der Waals surface area contributed by atoms with Crippen LogP contribution in [-0.4, -0.2) is 5.91 Å². The first-order valence-corrected chi connectivity index (χ1v) is 6.25. The first kappa shape index (κ1) is 15.5. The predicted molar refractivity (Wildman–Crippen MR) is 75.1 cm³/mol. The van der Waals surface area contributed by atoms with Crippen molar-refractivity contribution >= 4 is 40.5 Å². The highest BCUT2D eigenvalue weighted by Crippen LogP contribution is 2.29. The second-order valence-corrected chi connectivity index (χ2v) is 4.85. The molecule has 0 aromatic heterocycles. The lowest BCUT2D eigenvalue weighted by atomic mass is 10.1. The van der Waals surface area contributed by atoms with E-state index in [4.69, 9.17) is 28.9 Å². The molecule has 2 rings (SSSR count). The van der Waals surface area contributed by atoms with E-state index in [1.54, 1.807) is 0 Å². The Morgan fingerprint density at radius 1 is 1.10 bits per heavy atom. The Kier molecular flexibility index (Phi) is 4.29. The topological polar surface area (TPSA) is 55.1 Å². The maximum absolute atomic E-state index is 13.5. The van der Waals surface area contributed by atoms with Gasteiger partial charge < -0.3 is 11.1 Å². The Morgan fingerprint density at radius 3 is 2.43 bits per heavy atom. The summed E-state index contributed by atoms with van der Waals surface area (Å²) in [5, 5.41) is 1.92. The lowest BCUT2D eigenvalue weighted by Gasteiger charge is -2.10. The summed E-state index contributed by atoms with van der Waals surface area (Å²) in [5.74, 6) is -4.77. The third-order valence-electron chi connectivity index (χ3n) is 2.54. The number of amides is 1. The first-order valence-electron chi connectivity index (χ1n) is 5.50. The van der Waals surface area contributed by atoms with Gasteiger partial charge in [0.1, 0.15) is 5.82 Å². The molecule has 0 unspecified atom stereocenters. The Morgan fingerprint density at radius 2 is 1.76 bits per heavy atom. The minimum absolute atomic E-state index is 0.0210. The number of hydrogen-bond acceptors (Lipinski definition) is 2. The average molecular weight is 335 g/mol. The number of carbonyl (C=O) groups is 1. The molecule has 0 aliphatic heterocycles. The zero-order chi connectivity index (χ0) is 15.7. The lowest BCUT2D eigenvalue weighted by molar-refractivity contribution is 0.102. The van der Waals surface area contributed by atoms with Gasteiger partial charge in [-0.3, -0.25) is 4.79 Å². The van der Waals surface area contributed by atoms with Crippen molar-refractivity contribution < 1.29 is 18.0 Å². The summed E-state index contributed by atoms with van der Waals surface area (Å²) in [4.78, 5) is 12.0. The average Bonchev–Trinajstić information content (AvgIpc) is 2.39.